The Labute approximate surface area is 123 Å². The average Bonchev–Trinajstić information content (AvgIpc) is 2.42. The molecule has 1 saturated heterocycles. The van der Waals surface area contributed by atoms with E-state index in [0.717, 1.165) is 0 Å². The van der Waals surface area contributed by atoms with Gasteiger partial charge in [-0.25, -0.2) is 8.42 Å². The fourth-order valence-corrected chi connectivity index (χ4v) is 3.88. The van der Waals surface area contributed by atoms with E-state index in [9.17, 15) is 18.0 Å². The third kappa shape index (κ3) is 4.56. The Morgan fingerprint density at radius 2 is 1.71 bits per heavy atom. The van der Waals surface area contributed by atoms with E-state index in [1.807, 2.05) is 0 Å². The summed E-state index contributed by atoms with van der Waals surface area (Å²) in [6.07, 6.45) is 1.13. The van der Waals surface area contributed by atoms with Crippen molar-refractivity contribution in [2.75, 3.05) is 17.2 Å². The van der Waals surface area contributed by atoms with Crippen molar-refractivity contribution in [1.82, 2.24) is 5.32 Å². The number of carbonyl (C=O) groups excluding carboxylic acids is 2. The largest absolute Gasteiger partial charge is 0.399 e. The van der Waals surface area contributed by atoms with Crippen LogP contribution in [0.3, 0.4) is 0 Å². The molecule has 1 aliphatic rings. The second-order valence-electron chi connectivity index (χ2n) is 5.30. The third-order valence-corrected chi connectivity index (χ3v) is 5.29. The minimum atomic E-state index is -2.93. The van der Waals surface area contributed by atoms with Crippen LogP contribution in [-0.2, 0) is 14.6 Å². The van der Waals surface area contributed by atoms with Crippen LogP contribution in [0, 0.1) is 5.92 Å². The van der Waals surface area contributed by atoms with Crippen LogP contribution >= 0.6 is 0 Å². The van der Waals surface area contributed by atoms with Crippen molar-refractivity contribution in [1.29, 1.82) is 0 Å². The van der Waals surface area contributed by atoms with Crippen molar-refractivity contribution in [2.24, 2.45) is 5.92 Å². The van der Waals surface area contributed by atoms with Gasteiger partial charge in [0.2, 0.25) is 5.91 Å². The minimum Gasteiger partial charge on any atom is -0.399 e. The molecule has 0 aliphatic carbocycles. The Balaban J connectivity index is 1.84. The molecule has 1 heterocycles. The number of nitrogen functional groups attached to an aromatic ring is 1. The Bertz CT molecular complexity index is 623. The number of benzene rings is 1. The summed E-state index contributed by atoms with van der Waals surface area (Å²) in [6, 6.07) is 6.27. The molecule has 1 fully saturated rings. The zero-order valence-corrected chi connectivity index (χ0v) is 12.4. The maximum Gasteiger partial charge on any atom is 0.257 e. The number of rotatable bonds is 3. The summed E-state index contributed by atoms with van der Waals surface area (Å²) in [5, 5.41) is 2.32. The highest BCUT2D eigenvalue weighted by Gasteiger charge is 2.25. The Hall–Kier alpha value is -1.89. The average molecular weight is 310 g/mol. The van der Waals surface area contributed by atoms with Crippen LogP contribution < -0.4 is 11.1 Å². The van der Waals surface area contributed by atoms with Crippen molar-refractivity contribution < 1.29 is 18.0 Å². The van der Waals surface area contributed by atoms with Gasteiger partial charge in [-0.1, -0.05) is 0 Å². The van der Waals surface area contributed by atoms with Crippen LogP contribution in [0.15, 0.2) is 24.3 Å². The van der Waals surface area contributed by atoms with E-state index in [4.69, 9.17) is 5.73 Å². The number of carbonyl (C=O) groups is 2. The normalized spacial score (nSPS) is 18.1. The lowest BCUT2D eigenvalue weighted by Crippen LogP contribution is -2.33. The molecule has 0 radical (unpaired) electrons. The maximum absolute atomic E-state index is 11.8. The molecule has 0 saturated carbocycles. The molecule has 1 aromatic carbocycles. The van der Waals surface area contributed by atoms with Gasteiger partial charge in [0.05, 0.1) is 11.5 Å². The summed E-state index contributed by atoms with van der Waals surface area (Å²) >= 11 is 0. The molecule has 0 atom stereocenters. The summed E-state index contributed by atoms with van der Waals surface area (Å²) in [5.41, 5.74) is 6.43. The lowest BCUT2D eigenvalue weighted by molar-refractivity contribution is -0.121. The first kappa shape index (κ1) is 15.5. The number of sulfone groups is 1. The van der Waals surface area contributed by atoms with Gasteiger partial charge in [0.25, 0.3) is 5.91 Å². The standard InChI is InChI=1S/C14H18N2O4S/c15-12-3-1-11(2-4-12)14(18)16-13(17)9-10-5-7-21(19,20)8-6-10/h1-4,10H,5-9,15H2,(H,16,17,18). The molecule has 6 nitrogen and oxygen atoms in total. The van der Waals surface area contributed by atoms with E-state index in [2.05, 4.69) is 5.32 Å². The number of anilines is 1. The number of nitrogens with two attached hydrogens (primary N) is 1. The molecule has 2 amide bonds. The van der Waals surface area contributed by atoms with Gasteiger partial charge in [0.15, 0.2) is 0 Å². The zero-order chi connectivity index (χ0) is 15.5. The van der Waals surface area contributed by atoms with Crippen molar-refractivity contribution in [3.05, 3.63) is 29.8 Å². The Kier molecular flexibility index (Phi) is 4.62. The van der Waals surface area contributed by atoms with Crippen LogP contribution in [0.2, 0.25) is 0 Å². The number of nitrogens with one attached hydrogen (secondary N) is 1. The van der Waals surface area contributed by atoms with E-state index in [1.165, 1.54) is 0 Å². The number of imide groups is 1. The molecule has 2 rings (SSSR count). The van der Waals surface area contributed by atoms with Gasteiger partial charge in [0.1, 0.15) is 9.84 Å². The first-order valence-corrected chi connectivity index (χ1v) is 8.58. The maximum atomic E-state index is 11.8. The predicted molar refractivity (Wildman–Crippen MR) is 79.3 cm³/mol. The fourth-order valence-electron chi connectivity index (χ4n) is 2.29. The van der Waals surface area contributed by atoms with Crippen LogP contribution in [0.4, 0.5) is 5.69 Å². The molecule has 21 heavy (non-hydrogen) atoms. The summed E-state index contributed by atoms with van der Waals surface area (Å²) in [5.74, 6) is -0.578. The first-order chi connectivity index (χ1) is 9.85. The molecule has 7 heteroatoms. The lowest BCUT2D eigenvalue weighted by Gasteiger charge is -2.21. The van der Waals surface area contributed by atoms with E-state index in [-0.39, 0.29) is 29.8 Å². The molecule has 1 aliphatic heterocycles. The molecule has 114 valence electrons. The number of amides is 2. The van der Waals surface area contributed by atoms with Crippen LogP contribution in [0.5, 0.6) is 0 Å². The molecule has 0 spiro atoms. The topological polar surface area (TPSA) is 106 Å². The van der Waals surface area contributed by atoms with Crippen molar-refractivity contribution in [3.63, 3.8) is 0 Å². The summed E-state index contributed by atoms with van der Waals surface area (Å²) in [4.78, 5) is 23.7. The van der Waals surface area contributed by atoms with Crippen molar-refractivity contribution >= 4 is 27.3 Å². The molecule has 3 N–H and O–H groups in total. The quantitative estimate of drug-likeness (QED) is 0.801. The Morgan fingerprint density at radius 3 is 2.29 bits per heavy atom. The van der Waals surface area contributed by atoms with Gasteiger partial charge in [-0.2, -0.15) is 0 Å². The summed E-state index contributed by atoms with van der Waals surface area (Å²) in [6.45, 7) is 0. The highest BCUT2D eigenvalue weighted by atomic mass is 32.2. The van der Waals surface area contributed by atoms with Crippen LogP contribution in [0.1, 0.15) is 29.6 Å². The molecule has 0 bridgehead atoms. The zero-order valence-electron chi connectivity index (χ0n) is 11.5. The van der Waals surface area contributed by atoms with Gasteiger partial charge < -0.3 is 5.73 Å². The second kappa shape index (κ2) is 6.26. The van der Waals surface area contributed by atoms with E-state index in [1.54, 1.807) is 24.3 Å². The van der Waals surface area contributed by atoms with E-state index < -0.39 is 15.7 Å². The van der Waals surface area contributed by atoms with Crippen LogP contribution in [-0.4, -0.2) is 31.7 Å². The molecular formula is C14H18N2O4S. The monoisotopic (exact) mass is 310 g/mol. The van der Waals surface area contributed by atoms with Crippen LogP contribution in [0.25, 0.3) is 0 Å². The minimum absolute atomic E-state index is 0.0211. The summed E-state index contributed by atoms with van der Waals surface area (Å²) in [7, 11) is -2.93. The SMILES string of the molecule is Nc1ccc(C(=O)NC(=O)CC2CCS(=O)(=O)CC2)cc1. The second-order valence-corrected chi connectivity index (χ2v) is 7.60. The Morgan fingerprint density at radius 1 is 1.14 bits per heavy atom. The van der Waals surface area contributed by atoms with Crippen molar-refractivity contribution in [2.45, 2.75) is 19.3 Å². The van der Waals surface area contributed by atoms with Gasteiger partial charge in [0, 0.05) is 17.7 Å². The highest BCUT2D eigenvalue weighted by Crippen LogP contribution is 2.21. The number of hydrogen-bond donors (Lipinski definition) is 2. The van der Waals surface area contributed by atoms with E-state index >= 15 is 0 Å². The smallest absolute Gasteiger partial charge is 0.257 e. The first-order valence-electron chi connectivity index (χ1n) is 6.76. The van der Waals surface area contributed by atoms with E-state index in [0.29, 0.717) is 24.1 Å². The lowest BCUT2D eigenvalue weighted by atomic mass is 9.98. The fraction of sp³-hybridized carbons (Fsp3) is 0.429. The van der Waals surface area contributed by atoms with Gasteiger partial charge in [-0.05, 0) is 43.0 Å². The molecule has 1 aromatic rings. The molecule has 0 aromatic heterocycles. The molecular weight excluding hydrogens is 292 g/mol. The summed E-state index contributed by atoms with van der Waals surface area (Å²) < 4.78 is 22.6. The van der Waals surface area contributed by atoms with Gasteiger partial charge in [-0.15, -0.1) is 0 Å². The van der Waals surface area contributed by atoms with Crippen molar-refractivity contribution in [3.8, 4) is 0 Å². The highest BCUT2D eigenvalue weighted by molar-refractivity contribution is 7.91. The third-order valence-electron chi connectivity index (χ3n) is 3.57. The predicted octanol–water partition coefficient (Wildman–Crippen LogP) is 0.740. The van der Waals surface area contributed by atoms with Gasteiger partial charge in [-0.3, -0.25) is 14.9 Å². The molecule has 0 unspecified atom stereocenters. The van der Waals surface area contributed by atoms with Gasteiger partial charge >= 0.3 is 0 Å². The number of hydrogen-bond acceptors (Lipinski definition) is 5.